The molecule has 1 aliphatic carbocycles. The Hall–Kier alpha value is -0.760. The van der Waals surface area contributed by atoms with Crippen LogP contribution in [0.15, 0.2) is 18.2 Å². The van der Waals surface area contributed by atoms with E-state index in [9.17, 15) is 4.39 Å². The highest BCUT2D eigenvalue weighted by Crippen LogP contribution is 2.22. The van der Waals surface area contributed by atoms with Gasteiger partial charge in [-0.3, -0.25) is 0 Å². The number of aryl methyl sites for hydroxylation is 1. The van der Waals surface area contributed by atoms with Crippen molar-refractivity contribution in [3.8, 4) is 5.75 Å². The van der Waals surface area contributed by atoms with Crippen LogP contribution in [0.25, 0.3) is 0 Å². The van der Waals surface area contributed by atoms with Crippen molar-refractivity contribution < 1.29 is 9.50 Å². The van der Waals surface area contributed by atoms with Crippen LogP contribution in [0, 0.1) is 6.92 Å². The van der Waals surface area contributed by atoms with Gasteiger partial charge in [0, 0.05) is 5.02 Å². The number of phenols is 1. The third-order valence-corrected chi connectivity index (χ3v) is 1.75. The van der Waals surface area contributed by atoms with E-state index in [0.29, 0.717) is 5.02 Å². The van der Waals surface area contributed by atoms with Crippen molar-refractivity contribution in [3.63, 3.8) is 0 Å². The molecule has 1 nitrogen and oxygen atoms in total. The Labute approximate surface area is 95.9 Å². The normalized spacial score (nSPS) is 13.1. The highest BCUT2D eigenvalue weighted by molar-refractivity contribution is 6.30. The molecule has 1 aromatic carbocycles. The summed E-state index contributed by atoms with van der Waals surface area (Å²) in [6, 6.07) is 4.96. The molecule has 0 saturated heterocycles. The molecule has 0 amide bonds. The highest BCUT2D eigenvalue weighted by atomic mass is 35.5. The van der Waals surface area contributed by atoms with Gasteiger partial charge in [0.25, 0.3) is 0 Å². The molecular formula is C12H18ClFO. The number of rotatable bonds is 0. The molecule has 0 unspecified atom stereocenters. The molecule has 1 N–H and O–H groups in total. The molecule has 0 atom stereocenters. The molecule has 3 heteroatoms. The second kappa shape index (κ2) is 7.52. The van der Waals surface area contributed by atoms with Gasteiger partial charge in [-0.1, -0.05) is 25.4 Å². The summed E-state index contributed by atoms with van der Waals surface area (Å²) in [5, 5.41) is 9.49. The lowest BCUT2D eigenvalue weighted by atomic mass is 10.2. The van der Waals surface area contributed by atoms with Gasteiger partial charge in [0.1, 0.15) is 11.9 Å². The monoisotopic (exact) mass is 232 g/mol. The first kappa shape index (κ1) is 14.2. The van der Waals surface area contributed by atoms with Crippen LogP contribution < -0.4 is 0 Å². The van der Waals surface area contributed by atoms with Gasteiger partial charge in [0.05, 0.1) is 0 Å². The van der Waals surface area contributed by atoms with Crippen LogP contribution in [-0.2, 0) is 0 Å². The summed E-state index contributed by atoms with van der Waals surface area (Å²) >= 11 is 5.59. The van der Waals surface area contributed by atoms with Gasteiger partial charge in [-0.25, -0.2) is 4.39 Å². The largest absolute Gasteiger partial charge is 0.508 e. The highest BCUT2D eigenvalue weighted by Gasteiger charge is 2.18. The molecule has 0 bridgehead atoms. The molecule has 15 heavy (non-hydrogen) atoms. The smallest absolute Gasteiger partial charge is 0.117 e. The predicted octanol–water partition coefficient (Wildman–Crippen LogP) is 4.50. The first-order valence-corrected chi connectivity index (χ1v) is 5.56. The number of hydrogen-bond donors (Lipinski definition) is 1. The van der Waals surface area contributed by atoms with E-state index in [0.717, 1.165) is 18.4 Å². The second-order valence-corrected chi connectivity index (χ2v) is 3.60. The fraction of sp³-hybridized carbons (Fsp3) is 0.500. The van der Waals surface area contributed by atoms with Gasteiger partial charge in [-0.15, -0.1) is 0 Å². The number of benzene rings is 1. The fourth-order valence-corrected chi connectivity index (χ4v) is 1.06. The third-order valence-electron chi connectivity index (χ3n) is 1.53. The topological polar surface area (TPSA) is 20.2 Å². The van der Waals surface area contributed by atoms with Gasteiger partial charge >= 0.3 is 0 Å². The minimum absolute atomic E-state index is 0.222. The van der Waals surface area contributed by atoms with E-state index in [1.54, 1.807) is 12.1 Å². The lowest BCUT2D eigenvalue weighted by molar-refractivity contribution is 0.475. The Bertz CT molecular complexity index is 234. The average molecular weight is 233 g/mol. The lowest BCUT2D eigenvalue weighted by Crippen LogP contribution is -1.70. The summed E-state index contributed by atoms with van der Waals surface area (Å²) < 4.78 is 11.1. The second-order valence-electron chi connectivity index (χ2n) is 3.16. The van der Waals surface area contributed by atoms with Crippen LogP contribution in [0.3, 0.4) is 0 Å². The SMILES string of the molecule is CC.Cc1cc(O)cc(Cl)c1.FC1CC1. The Kier molecular flexibility index (Phi) is 7.14. The van der Waals surface area contributed by atoms with Gasteiger partial charge in [0.2, 0.25) is 0 Å². The van der Waals surface area contributed by atoms with Crippen molar-refractivity contribution >= 4 is 11.6 Å². The van der Waals surface area contributed by atoms with Gasteiger partial charge in [-0.05, 0) is 43.5 Å². The lowest BCUT2D eigenvalue weighted by Gasteiger charge is -1.94. The predicted molar refractivity (Wildman–Crippen MR) is 63.3 cm³/mol. The number of alkyl halides is 1. The first-order valence-electron chi connectivity index (χ1n) is 5.18. The summed E-state index contributed by atoms with van der Waals surface area (Å²) in [7, 11) is 0. The van der Waals surface area contributed by atoms with E-state index >= 15 is 0 Å². The average Bonchev–Trinajstić information content (AvgIpc) is 2.89. The fourth-order valence-electron chi connectivity index (χ4n) is 0.780. The molecule has 0 spiro atoms. The number of hydrogen-bond acceptors (Lipinski definition) is 1. The van der Waals surface area contributed by atoms with Gasteiger partial charge < -0.3 is 5.11 Å². The van der Waals surface area contributed by atoms with Crippen molar-refractivity contribution in [2.75, 3.05) is 0 Å². The quantitative estimate of drug-likeness (QED) is 0.698. The Balaban J connectivity index is 0.000000272. The van der Waals surface area contributed by atoms with Crippen molar-refractivity contribution in [3.05, 3.63) is 28.8 Å². The van der Waals surface area contributed by atoms with Crippen LogP contribution in [0.2, 0.25) is 5.02 Å². The van der Waals surface area contributed by atoms with Crippen molar-refractivity contribution in [2.45, 2.75) is 39.8 Å². The van der Waals surface area contributed by atoms with Crippen LogP contribution in [0.5, 0.6) is 5.75 Å². The van der Waals surface area contributed by atoms with E-state index in [1.165, 1.54) is 6.07 Å². The van der Waals surface area contributed by atoms with E-state index in [2.05, 4.69) is 0 Å². The summed E-state index contributed by atoms with van der Waals surface area (Å²) in [6.45, 7) is 5.88. The first-order chi connectivity index (χ1) is 7.08. The molecular weight excluding hydrogens is 215 g/mol. The zero-order valence-electron chi connectivity index (χ0n) is 9.43. The van der Waals surface area contributed by atoms with E-state index < -0.39 is 6.17 Å². The Morgan fingerprint density at radius 1 is 1.27 bits per heavy atom. The molecule has 2 rings (SSSR count). The zero-order chi connectivity index (χ0) is 11.8. The molecule has 1 aromatic rings. The van der Waals surface area contributed by atoms with E-state index in [4.69, 9.17) is 16.7 Å². The summed E-state index contributed by atoms with van der Waals surface area (Å²) in [6.07, 6.45) is 1.22. The molecule has 0 radical (unpaired) electrons. The molecule has 0 aromatic heterocycles. The minimum Gasteiger partial charge on any atom is -0.508 e. The van der Waals surface area contributed by atoms with Crippen molar-refractivity contribution in [1.82, 2.24) is 0 Å². The summed E-state index contributed by atoms with van der Waals surface area (Å²) in [5.41, 5.74) is 0.972. The standard InChI is InChI=1S/C7H7ClO.C3H5F.C2H6/c1-5-2-6(8)4-7(9)3-5;4-3-1-2-3;1-2/h2-4,9H,1H3;3H,1-2H2;1-2H3. The van der Waals surface area contributed by atoms with E-state index in [1.807, 2.05) is 20.8 Å². The number of halogens is 2. The van der Waals surface area contributed by atoms with Gasteiger partial charge in [-0.2, -0.15) is 0 Å². The summed E-state index contributed by atoms with van der Waals surface area (Å²) in [5.74, 6) is 0.222. The van der Waals surface area contributed by atoms with Crippen LogP contribution in [0.1, 0.15) is 32.3 Å². The Morgan fingerprint density at radius 2 is 1.73 bits per heavy atom. The maximum Gasteiger partial charge on any atom is 0.117 e. The van der Waals surface area contributed by atoms with Gasteiger partial charge in [0.15, 0.2) is 0 Å². The van der Waals surface area contributed by atoms with Crippen LogP contribution in [-0.4, -0.2) is 11.3 Å². The maximum atomic E-state index is 11.1. The zero-order valence-corrected chi connectivity index (χ0v) is 10.2. The number of phenolic OH excluding ortho intramolecular Hbond substituents is 1. The molecule has 1 saturated carbocycles. The molecule has 86 valence electrons. The maximum absolute atomic E-state index is 11.1. The van der Waals surface area contributed by atoms with E-state index in [-0.39, 0.29) is 5.75 Å². The van der Waals surface area contributed by atoms with Crippen LogP contribution in [0.4, 0.5) is 4.39 Å². The molecule has 1 fully saturated rings. The molecule has 1 aliphatic rings. The van der Waals surface area contributed by atoms with Crippen LogP contribution >= 0.6 is 11.6 Å². The van der Waals surface area contributed by atoms with Crippen molar-refractivity contribution in [1.29, 1.82) is 0 Å². The third kappa shape index (κ3) is 8.25. The Morgan fingerprint density at radius 3 is 2.00 bits per heavy atom. The molecule has 0 aliphatic heterocycles. The minimum atomic E-state index is -0.417. The molecule has 0 heterocycles. The van der Waals surface area contributed by atoms with Crippen molar-refractivity contribution in [2.24, 2.45) is 0 Å². The summed E-state index contributed by atoms with van der Waals surface area (Å²) in [4.78, 5) is 0. The number of aromatic hydroxyl groups is 1.